The molecule has 1 amide bonds. The minimum atomic E-state index is -0.752. The average Bonchev–Trinajstić information content (AvgIpc) is 2.69. The number of hydrogen-bond donors (Lipinski definition) is 1. The Morgan fingerprint density at radius 1 is 1.07 bits per heavy atom. The first-order chi connectivity index (χ1) is 13.8. The molecular formula is C23H25N3O3. The van der Waals surface area contributed by atoms with Crippen LogP contribution < -0.4 is 15.6 Å². The van der Waals surface area contributed by atoms with E-state index >= 15 is 0 Å². The Morgan fingerprint density at radius 3 is 2.59 bits per heavy atom. The van der Waals surface area contributed by atoms with Crippen LogP contribution in [0.15, 0.2) is 59.4 Å². The van der Waals surface area contributed by atoms with E-state index in [-0.39, 0.29) is 17.3 Å². The van der Waals surface area contributed by atoms with Gasteiger partial charge in [-0.1, -0.05) is 35.9 Å². The molecule has 0 saturated carbocycles. The maximum absolute atomic E-state index is 12.4. The second-order valence-electron chi connectivity index (χ2n) is 7.16. The average molecular weight is 391 g/mol. The number of nitrogens with zero attached hydrogens (tertiary/aromatic N) is 2. The van der Waals surface area contributed by atoms with Gasteiger partial charge >= 0.3 is 0 Å². The topological polar surface area (TPSA) is 73.2 Å². The van der Waals surface area contributed by atoms with E-state index in [9.17, 15) is 9.59 Å². The molecule has 0 radical (unpaired) electrons. The van der Waals surface area contributed by atoms with Gasteiger partial charge in [0.25, 0.3) is 11.5 Å². The largest absolute Gasteiger partial charge is 0.464 e. The van der Waals surface area contributed by atoms with Crippen molar-refractivity contribution < 1.29 is 9.53 Å². The number of nitrogens with one attached hydrogen (secondary N) is 1. The van der Waals surface area contributed by atoms with Gasteiger partial charge in [-0.05, 0) is 56.5 Å². The van der Waals surface area contributed by atoms with E-state index in [0.717, 1.165) is 22.3 Å². The minimum absolute atomic E-state index is 0.209. The van der Waals surface area contributed by atoms with E-state index in [2.05, 4.69) is 10.4 Å². The fourth-order valence-electron chi connectivity index (χ4n) is 2.89. The maximum Gasteiger partial charge on any atom is 0.271 e. The number of aromatic nitrogens is 2. The zero-order valence-corrected chi connectivity index (χ0v) is 17.1. The van der Waals surface area contributed by atoms with Crippen LogP contribution in [0.2, 0.25) is 0 Å². The first-order valence-electron chi connectivity index (χ1n) is 9.51. The minimum Gasteiger partial charge on any atom is -0.464 e. The van der Waals surface area contributed by atoms with Crippen molar-refractivity contribution >= 4 is 5.91 Å². The summed E-state index contributed by atoms with van der Waals surface area (Å²) in [5, 5.41) is 7.12. The molecule has 6 nitrogen and oxygen atoms in total. The Kier molecular flexibility index (Phi) is 6.12. The molecule has 6 heteroatoms. The van der Waals surface area contributed by atoms with Gasteiger partial charge in [0, 0.05) is 18.7 Å². The predicted molar refractivity (Wildman–Crippen MR) is 112 cm³/mol. The number of ether oxygens (including phenoxy) is 1. The summed E-state index contributed by atoms with van der Waals surface area (Å²) >= 11 is 0. The molecule has 3 rings (SSSR count). The molecule has 0 fully saturated rings. The van der Waals surface area contributed by atoms with Crippen LogP contribution in [0.3, 0.4) is 0 Å². The molecule has 0 saturated heterocycles. The Morgan fingerprint density at radius 2 is 1.86 bits per heavy atom. The summed E-state index contributed by atoms with van der Waals surface area (Å²) < 4.78 is 6.95. The van der Waals surface area contributed by atoms with Crippen molar-refractivity contribution in [2.24, 2.45) is 0 Å². The number of benzene rings is 2. The molecule has 1 atom stereocenters. The van der Waals surface area contributed by atoms with Crippen LogP contribution >= 0.6 is 0 Å². The molecule has 29 heavy (non-hydrogen) atoms. The second-order valence-corrected chi connectivity index (χ2v) is 7.16. The lowest BCUT2D eigenvalue weighted by atomic mass is 10.1. The summed E-state index contributed by atoms with van der Waals surface area (Å²) in [6.07, 6.45) is -0.752. The quantitative estimate of drug-likeness (QED) is 0.700. The molecule has 0 aliphatic carbocycles. The van der Waals surface area contributed by atoms with Crippen molar-refractivity contribution in [2.75, 3.05) is 0 Å². The van der Waals surface area contributed by atoms with Crippen molar-refractivity contribution in [1.82, 2.24) is 15.1 Å². The Hall–Kier alpha value is -3.41. The molecular weight excluding hydrogens is 366 g/mol. The van der Waals surface area contributed by atoms with E-state index < -0.39 is 6.10 Å². The SMILES string of the molecule is Cc1cccc(CNC(=O)[C@@H](C)Oc2ccc(=O)n(-c3ccc(C)c(C)c3)n2)c1. The molecule has 150 valence electrons. The molecule has 0 aliphatic heterocycles. The second kappa shape index (κ2) is 8.73. The van der Waals surface area contributed by atoms with E-state index in [1.54, 1.807) is 6.92 Å². The van der Waals surface area contributed by atoms with Crippen molar-refractivity contribution in [2.45, 2.75) is 40.3 Å². The lowest BCUT2D eigenvalue weighted by molar-refractivity contribution is -0.127. The van der Waals surface area contributed by atoms with Crippen LogP contribution in [0, 0.1) is 20.8 Å². The molecule has 0 aliphatic rings. The van der Waals surface area contributed by atoms with Crippen molar-refractivity contribution in [1.29, 1.82) is 0 Å². The summed E-state index contributed by atoms with van der Waals surface area (Å²) in [6.45, 7) is 8.06. The standard InChI is InChI=1S/C23H25N3O3/c1-15-6-5-7-19(12-15)14-24-23(28)18(4)29-21-10-11-22(27)26(25-21)20-9-8-16(2)17(3)13-20/h5-13,18H,14H2,1-4H3,(H,24,28)/t18-/m1/s1. The van der Waals surface area contributed by atoms with Crippen LogP contribution in [0.4, 0.5) is 0 Å². The van der Waals surface area contributed by atoms with Gasteiger partial charge in [-0.2, -0.15) is 4.68 Å². The van der Waals surface area contributed by atoms with E-state index in [0.29, 0.717) is 12.2 Å². The number of hydrogen-bond acceptors (Lipinski definition) is 4. The highest BCUT2D eigenvalue weighted by Gasteiger charge is 2.16. The summed E-state index contributed by atoms with van der Waals surface area (Å²) in [5.41, 5.74) is 4.74. The van der Waals surface area contributed by atoms with Gasteiger partial charge in [-0.25, -0.2) is 0 Å². The zero-order valence-electron chi connectivity index (χ0n) is 17.1. The number of amides is 1. The number of carbonyl (C=O) groups excluding carboxylic acids is 1. The highest BCUT2D eigenvalue weighted by atomic mass is 16.5. The number of carbonyl (C=O) groups is 1. The van der Waals surface area contributed by atoms with Gasteiger partial charge < -0.3 is 10.1 Å². The smallest absolute Gasteiger partial charge is 0.271 e. The van der Waals surface area contributed by atoms with Crippen LogP contribution in [0.1, 0.15) is 29.2 Å². The Labute approximate surface area is 170 Å². The van der Waals surface area contributed by atoms with Gasteiger partial charge in [0.15, 0.2) is 6.10 Å². The molecule has 0 bridgehead atoms. The summed E-state index contributed by atoms with van der Waals surface area (Å²) in [4.78, 5) is 24.6. The van der Waals surface area contributed by atoms with Gasteiger partial charge in [0.05, 0.1) is 5.69 Å². The molecule has 2 aromatic carbocycles. The third-order valence-electron chi connectivity index (χ3n) is 4.73. The lowest BCUT2D eigenvalue weighted by Gasteiger charge is -2.15. The fourth-order valence-corrected chi connectivity index (χ4v) is 2.89. The monoisotopic (exact) mass is 391 g/mol. The highest BCUT2D eigenvalue weighted by Crippen LogP contribution is 2.14. The molecule has 0 spiro atoms. The van der Waals surface area contributed by atoms with Gasteiger partial charge in [0.2, 0.25) is 5.88 Å². The van der Waals surface area contributed by atoms with Gasteiger partial charge in [0.1, 0.15) is 0 Å². The first-order valence-corrected chi connectivity index (χ1v) is 9.51. The Balaban J connectivity index is 1.70. The molecule has 3 aromatic rings. The Bertz CT molecular complexity index is 1090. The van der Waals surface area contributed by atoms with Crippen LogP contribution in [0.25, 0.3) is 5.69 Å². The van der Waals surface area contributed by atoms with Crippen molar-refractivity contribution in [3.8, 4) is 11.6 Å². The summed E-state index contributed by atoms with van der Waals surface area (Å²) in [5.74, 6) is -0.0433. The summed E-state index contributed by atoms with van der Waals surface area (Å²) in [6, 6.07) is 16.5. The van der Waals surface area contributed by atoms with Crippen LogP contribution in [-0.2, 0) is 11.3 Å². The zero-order chi connectivity index (χ0) is 21.0. The fraction of sp³-hybridized carbons (Fsp3) is 0.261. The lowest BCUT2D eigenvalue weighted by Crippen LogP contribution is -2.36. The van der Waals surface area contributed by atoms with E-state index in [4.69, 9.17) is 4.74 Å². The third kappa shape index (κ3) is 5.10. The number of aryl methyl sites for hydroxylation is 3. The molecule has 1 heterocycles. The molecule has 0 unspecified atom stereocenters. The molecule has 1 aromatic heterocycles. The van der Waals surface area contributed by atoms with Crippen molar-refractivity contribution in [3.63, 3.8) is 0 Å². The first kappa shape index (κ1) is 20.3. The van der Waals surface area contributed by atoms with E-state index in [1.807, 2.05) is 63.2 Å². The maximum atomic E-state index is 12.4. The van der Waals surface area contributed by atoms with E-state index in [1.165, 1.54) is 16.8 Å². The van der Waals surface area contributed by atoms with Gasteiger partial charge in [-0.3, -0.25) is 9.59 Å². The van der Waals surface area contributed by atoms with Crippen molar-refractivity contribution in [3.05, 3.63) is 87.2 Å². The van der Waals surface area contributed by atoms with Crippen LogP contribution in [-0.4, -0.2) is 21.8 Å². The summed E-state index contributed by atoms with van der Waals surface area (Å²) in [7, 11) is 0. The normalized spacial score (nSPS) is 11.7. The number of rotatable bonds is 6. The predicted octanol–water partition coefficient (Wildman–Crippen LogP) is 3.24. The molecule has 1 N–H and O–H groups in total. The van der Waals surface area contributed by atoms with Gasteiger partial charge in [-0.15, -0.1) is 5.10 Å². The van der Waals surface area contributed by atoms with Crippen LogP contribution in [0.5, 0.6) is 5.88 Å². The third-order valence-corrected chi connectivity index (χ3v) is 4.73. The highest BCUT2D eigenvalue weighted by molar-refractivity contribution is 5.80.